The number of aryl methyl sites for hydroxylation is 2. The van der Waals surface area contributed by atoms with Crippen LogP contribution >= 0.6 is 0 Å². The quantitative estimate of drug-likeness (QED) is 0.818. The van der Waals surface area contributed by atoms with E-state index in [1.165, 1.54) is 5.56 Å². The van der Waals surface area contributed by atoms with Crippen LogP contribution in [0.2, 0.25) is 0 Å². The molecular formula is C12H16N4. The molecule has 1 heterocycles. The molecule has 4 nitrogen and oxygen atoms in total. The number of nitrogens with one attached hydrogen (secondary N) is 1. The topological polar surface area (TPSA) is 67.6 Å². The van der Waals surface area contributed by atoms with Gasteiger partial charge in [0.2, 0.25) is 0 Å². The first-order valence-electron chi connectivity index (χ1n) is 5.44. The number of hydrogen-bond donors (Lipinski definition) is 2. The number of aromatic nitrogens is 3. The molecule has 0 aliphatic rings. The van der Waals surface area contributed by atoms with E-state index >= 15 is 0 Å². The summed E-state index contributed by atoms with van der Waals surface area (Å²) < 4.78 is 0. The van der Waals surface area contributed by atoms with Crippen molar-refractivity contribution in [3.63, 3.8) is 0 Å². The maximum Gasteiger partial charge on any atom is 0.167 e. The Balaban J connectivity index is 1.91. The van der Waals surface area contributed by atoms with E-state index in [2.05, 4.69) is 27.3 Å². The van der Waals surface area contributed by atoms with Gasteiger partial charge in [-0.25, -0.2) is 4.98 Å². The van der Waals surface area contributed by atoms with Gasteiger partial charge in [0, 0.05) is 0 Å². The lowest BCUT2D eigenvalue weighted by Crippen LogP contribution is -2.13. The van der Waals surface area contributed by atoms with E-state index in [1.807, 2.05) is 25.1 Å². The van der Waals surface area contributed by atoms with E-state index in [4.69, 9.17) is 5.73 Å². The van der Waals surface area contributed by atoms with Gasteiger partial charge in [0.25, 0.3) is 0 Å². The molecule has 0 unspecified atom stereocenters. The minimum atomic E-state index is -0.0924. The number of H-pyrrole nitrogens is 1. The molecule has 2 rings (SSSR count). The summed E-state index contributed by atoms with van der Waals surface area (Å²) in [6.45, 7) is 1.88. The molecule has 1 aromatic carbocycles. The second-order valence-corrected chi connectivity index (χ2v) is 3.91. The van der Waals surface area contributed by atoms with Crippen molar-refractivity contribution in [1.82, 2.24) is 15.2 Å². The van der Waals surface area contributed by atoms with E-state index in [-0.39, 0.29) is 6.04 Å². The van der Waals surface area contributed by atoms with Gasteiger partial charge in [0.1, 0.15) is 5.82 Å². The highest BCUT2D eigenvalue weighted by atomic mass is 15.2. The van der Waals surface area contributed by atoms with Crippen LogP contribution in [0.15, 0.2) is 30.3 Å². The first-order valence-corrected chi connectivity index (χ1v) is 5.44. The largest absolute Gasteiger partial charge is 0.321 e. The number of benzene rings is 1. The van der Waals surface area contributed by atoms with Crippen LogP contribution in [-0.2, 0) is 6.42 Å². The third kappa shape index (κ3) is 2.67. The highest BCUT2D eigenvalue weighted by molar-refractivity contribution is 5.15. The SMILES string of the molecule is Cc1nc([C@@H](N)CCc2ccccc2)n[nH]1. The maximum atomic E-state index is 6.01. The minimum Gasteiger partial charge on any atom is -0.321 e. The summed E-state index contributed by atoms with van der Waals surface area (Å²) in [6, 6.07) is 10.2. The van der Waals surface area contributed by atoms with E-state index in [0.29, 0.717) is 5.82 Å². The molecule has 0 aliphatic carbocycles. The summed E-state index contributed by atoms with van der Waals surface area (Å²) in [4.78, 5) is 4.23. The number of rotatable bonds is 4. The first kappa shape index (κ1) is 10.8. The Bertz CT molecular complexity index is 435. The zero-order valence-corrected chi connectivity index (χ0v) is 9.35. The number of nitrogens with zero attached hydrogens (tertiary/aromatic N) is 2. The molecule has 0 saturated carbocycles. The highest BCUT2D eigenvalue weighted by Crippen LogP contribution is 2.12. The van der Waals surface area contributed by atoms with Gasteiger partial charge < -0.3 is 5.73 Å². The normalized spacial score (nSPS) is 12.6. The molecule has 4 heteroatoms. The minimum absolute atomic E-state index is 0.0924. The molecule has 3 N–H and O–H groups in total. The molecule has 0 aliphatic heterocycles. The Kier molecular flexibility index (Phi) is 3.31. The molecule has 0 bridgehead atoms. The zero-order valence-electron chi connectivity index (χ0n) is 9.35. The zero-order chi connectivity index (χ0) is 11.4. The Morgan fingerprint density at radius 3 is 2.69 bits per heavy atom. The fourth-order valence-electron chi connectivity index (χ4n) is 1.62. The number of nitrogens with two attached hydrogens (primary N) is 1. The molecular weight excluding hydrogens is 200 g/mol. The second-order valence-electron chi connectivity index (χ2n) is 3.91. The lowest BCUT2D eigenvalue weighted by molar-refractivity contribution is 0.615. The van der Waals surface area contributed by atoms with Crippen LogP contribution in [0.25, 0.3) is 0 Å². The van der Waals surface area contributed by atoms with Crippen LogP contribution in [0.5, 0.6) is 0 Å². The van der Waals surface area contributed by atoms with Gasteiger partial charge in [0.15, 0.2) is 5.82 Å². The van der Waals surface area contributed by atoms with Crippen molar-refractivity contribution in [2.75, 3.05) is 0 Å². The van der Waals surface area contributed by atoms with Gasteiger partial charge in [-0.2, -0.15) is 5.10 Å². The summed E-state index contributed by atoms with van der Waals surface area (Å²) >= 11 is 0. The molecule has 0 spiro atoms. The van der Waals surface area contributed by atoms with E-state index in [1.54, 1.807) is 0 Å². The van der Waals surface area contributed by atoms with Crippen molar-refractivity contribution >= 4 is 0 Å². The van der Waals surface area contributed by atoms with Crippen molar-refractivity contribution in [2.24, 2.45) is 5.73 Å². The standard InChI is InChI=1S/C12H16N4/c1-9-14-12(16-15-9)11(13)8-7-10-5-3-2-4-6-10/h2-6,11H,7-8,13H2,1H3,(H,14,15,16)/t11-/m0/s1. The van der Waals surface area contributed by atoms with Crippen LogP contribution in [0, 0.1) is 6.92 Å². The van der Waals surface area contributed by atoms with Gasteiger partial charge >= 0.3 is 0 Å². The van der Waals surface area contributed by atoms with Gasteiger partial charge in [0.05, 0.1) is 6.04 Å². The van der Waals surface area contributed by atoms with Gasteiger partial charge in [-0.05, 0) is 25.3 Å². The lowest BCUT2D eigenvalue weighted by atomic mass is 10.1. The molecule has 2 aromatic rings. The fraction of sp³-hybridized carbons (Fsp3) is 0.333. The predicted molar refractivity (Wildman–Crippen MR) is 62.8 cm³/mol. The van der Waals surface area contributed by atoms with E-state index < -0.39 is 0 Å². The highest BCUT2D eigenvalue weighted by Gasteiger charge is 2.10. The van der Waals surface area contributed by atoms with Gasteiger partial charge in [-0.15, -0.1) is 0 Å². The van der Waals surface area contributed by atoms with Crippen LogP contribution < -0.4 is 5.73 Å². The van der Waals surface area contributed by atoms with Crippen LogP contribution in [-0.4, -0.2) is 15.2 Å². The first-order chi connectivity index (χ1) is 7.75. The molecule has 1 aromatic heterocycles. The smallest absolute Gasteiger partial charge is 0.167 e. The van der Waals surface area contributed by atoms with Crippen molar-refractivity contribution < 1.29 is 0 Å². The van der Waals surface area contributed by atoms with Crippen molar-refractivity contribution in [1.29, 1.82) is 0 Å². The Labute approximate surface area is 94.9 Å². The Hall–Kier alpha value is -1.68. The summed E-state index contributed by atoms with van der Waals surface area (Å²) in [5, 5.41) is 6.87. The van der Waals surface area contributed by atoms with Crippen molar-refractivity contribution in [2.45, 2.75) is 25.8 Å². The maximum absolute atomic E-state index is 6.01. The molecule has 84 valence electrons. The Morgan fingerprint density at radius 1 is 1.31 bits per heavy atom. The van der Waals surface area contributed by atoms with Crippen LogP contribution in [0.1, 0.15) is 29.7 Å². The van der Waals surface area contributed by atoms with Gasteiger partial charge in [-0.3, -0.25) is 5.10 Å². The predicted octanol–water partition coefficient (Wildman–Crippen LogP) is 1.75. The van der Waals surface area contributed by atoms with Crippen LogP contribution in [0.4, 0.5) is 0 Å². The molecule has 16 heavy (non-hydrogen) atoms. The summed E-state index contributed by atoms with van der Waals surface area (Å²) in [7, 11) is 0. The summed E-state index contributed by atoms with van der Waals surface area (Å²) in [5.74, 6) is 1.51. The van der Waals surface area contributed by atoms with Crippen LogP contribution in [0.3, 0.4) is 0 Å². The lowest BCUT2D eigenvalue weighted by Gasteiger charge is -2.06. The molecule has 0 saturated heterocycles. The Morgan fingerprint density at radius 2 is 2.06 bits per heavy atom. The monoisotopic (exact) mass is 216 g/mol. The second kappa shape index (κ2) is 4.90. The molecule has 1 atom stereocenters. The van der Waals surface area contributed by atoms with Crippen molar-refractivity contribution in [3.8, 4) is 0 Å². The fourth-order valence-corrected chi connectivity index (χ4v) is 1.62. The molecule has 0 fully saturated rings. The molecule has 0 amide bonds. The average molecular weight is 216 g/mol. The molecule has 0 radical (unpaired) electrons. The van der Waals surface area contributed by atoms with Gasteiger partial charge in [-0.1, -0.05) is 30.3 Å². The van der Waals surface area contributed by atoms with E-state index in [0.717, 1.165) is 18.7 Å². The third-order valence-corrected chi connectivity index (χ3v) is 2.53. The summed E-state index contributed by atoms with van der Waals surface area (Å²) in [6.07, 6.45) is 1.82. The summed E-state index contributed by atoms with van der Waals surface area (Å²) in [5.41, 5.74) is 7.31. The average Bonchev–Trinajstić information content (AvgIpc) is 2.74. The third-order valence-electron chi connectivity index (χ3n) is 2.53. The number of hydrogen-bond acceptors (Lipinski definition) is 3. The number of aromatic amines is 1. The van der Waals surface area contributed by atoms with Crippen molar-refractivity contribution in [3.05, 3.63) is 47.5 Å². The van der Waals surface area contributed by atoms with E-state index in [9.17, 15) is 0 Å².